The minimum Gasteiger partial charge on any atom is -0.423 e. The van der Waals surface area contributed by atoms with E-state index in [1.165, 1.54) is 0 Å². The zero-order valence-electron chi connectivity index (χ0n) is 7.25. The maximum atomic E-state index is 10.3. The van der Waals surface area contributed by atoms with Crippen LogP contribution in [-0.2, 0) is 17.8 Å². The highest BCUT2D eigenvalue weighted by molar-refractivity contribution is 7.77. The van der Waals surface area contributed by atoms with Crippen molar-refractivity contribution in [2.24, 2.45) is 0 Å². The van der Waals surface area contributed by atoms with E-state index in [4.69, 9.17) is 14.6 Å². The van der Waals surface area contributed by atoms with E-state index in [-0.39, 0.29) is 6.54 Å². The molecule has 0 fully saturated rings. The van der Waals surface area contributed by atoms with E-state index in [9.17, 15) is 4.21 Å². The Morgan fingerprint density at radius 2 is 1.86 bits per heavy atom. The van der Waals surface area contributed by atoms with Crippen molar-refractivity contribution in [3.63, 3.8) is 0 Å². The molecule has 0 radical (unpaired) electrons. The van der Waals surface area contributed by atoms with Gasteiger partial charge in [0.2, 0.25) is 11.3 Å². The van der Waals surface area contributed by atoms with Gasteiger partial charge in [-0.1, -0.05) is 24.3 Å². The smallest absolute Gasteiger partial charge is 0.423 e. The standard InChI is InChI=1S/C7H10BNO4S/c10-8(11)7-3-1-6(2-4-7)5-9-14(12)13/h1-4,9-11H,5H2,(H,12,13). The fourth-order valence-corrected chi connectivity index (χ4v) is 1.24. The summed E-state index contributed by atoms with van der Waals surface area (Å²) in [6, 6.07) is 6.38. The summed E-state index contributed by atoms with van der Waals surface area (Å²) in [5.41, 5.74) is 1.18. The fourth-order valence-electron chi connectivity index (χ4n) is 0.953. The molecule has 0 heterocycles. The third-order valence-electron chi connectivity index (χ3n) is 1.68. The Morgan fingerprint density at radius 1 is 1.29 bits per heavy atom. The summed E-state index contributed by atoms with van der Waals surface area (Å²) in [6.07, 6.45) is 0. The molecule has 76 valence electrons. The number of benzene rings is 1. The Bertz CT molecular complexity index is 316. The molecule has 1 aromatic rings. The Balaban J connectivity index is 2.59. The highest BCUT2D eigenvalue weighted by atomic mass is 32.2. The molecule has 0 aromatic heterocycles. The van der Waals surface area contributed by atoms with Gasteiger partial charge >= 0.3 is 7.12 Å². The average Bonchev–Trinajstić information content (AvgIpc) is 2.15. The second-order valence-corrected chi connectivity index (χ2v) is 3.47. The molecule has 7 heteroatoms. The van der Waals surface area contributed by atoms with Crippen molar-refractivity contribution >= 4 is 23.8 Å². The zero-order chi connectivity index (χ0) is 10.6. The molecule has 0 aliphatic carbocycles. The molecule has 0 saturated heterocycles. The molecule has 0 amide bonds. The van der Waals surface area contributed by atoms with Gasteiger partial charge in [0.1, 0.15) is 0 Å². The molecule has 0 spiro atoms. The van der Waals surface area contributed by atoms with Crippen LogP contribution in [0.25, 0.3) is 0 Å². The highest BCUT2D eigenvalue weighted by Gasteiger charge is 2.09. The van der Waals surface area contributed by atoms with Gasteiger partial charge < -0.3 is 10.0 Å². The lowest BCUT2D eigenvalue weighted by atomic mass is 9.80. The molecular weight excluding hydrogens is 205 g/mol. The quantitative estimate of drug-likeness (QED) is 0.367. The van der Waals surface area contributed by atoms with Gasteiger partial charge in [-0.05, 0) is 11.0 Å². The molecule has 14 heavy (non-hydrogen) atoms. The Hall–Kier alpha value is -0.725. The van der Waals surface area contributed by atoms with Crippen molar-refractivity contribution in [1.82, 2.24) is 4.72 Å². The number of hydrogen-bond donors (Lipinski definition) is 4. The lowest BCUT2D eigenvalue weighted by molar-refractivity contribution is 0.425. The molecular formula is C7H10BNO4S. The number of rotatable bonds is 4. The Morgan fingerprint density at radius 3 is 2.29 bits per heavy atom. The summed E-state index contributed by atoms with van der Waals surface area (Å²) < 4.78 is 21.0. The molecule has 0 saturated carbocycles. The van der Waals surface area contributed by atoms with Gasteiger partial charge in [0.05, 0.1) is 0 Å². The lowest BCUT2D eigenvalue weighted by Gasteiger charge is -2.02. The van der Waals surface area contributed by atoms with Crippen LogP contribution in [0.2, 0.25) is 0 Å². The summed E-state index contributed by atoms with van der Waals surface area (Å²) in [7, 11) is -1.48. The second-order valence-electron chi connectivity index (χ2n) is 2.69. The van der Waals surface area contributed by atoms with Gasteiger partial charge in [-0.25, -0.2) is 8.93 Å². The summed E-state index contributed by atoms with van der Waals surface area (Å²) >= 11 is -2.03. The van der Waals surface area contributed by atoms with Crippen LogP contribution in [0.4, 0.5) is 0 Å². The first kappa shape index (κ1) is 11.4. The number of hydrogen-bond acceptors (Lipinski definition) is 3. The minimum absolute atomic E-state index is 0.255. The third-order valence-corrected chi connectivity index (χ3v) is 2.07. The molecule has 4 N–H and O–H groups in total. The molecule has 0 aliphatic rings. The van der Waals surface area contributed by atoms with Crippen LogP contribution < -0.4 is 10.2 Å². The van der Waals surface area contributed by atoms with E-state index in [0.29, 0.717) is 5.46 Å². The van der Waals surface area contributed by atoms with Gasteiger partial charge in [0.15, 0.2) is 0 Å². The normalized spacial score (nSPS) is 12.5. The lowest BCUT2D eigenvalue weighted by Crippen LogP contribution is -2.29. The van der Waals surface area contributed by atoms with Crippen LogP contribution in [0.5, 0.6) is 0 Å². The van der Waals surface area contributed by atoms with Gasteiger partial charge in [-0.2, -0.15) is 0 Å². The van der Waals surface area contributed by atoms with Crippen LogP contribution in [0.3, 0.4) is 0 Å². The Labute approximate surface area is 84.3 Å². The third kappa shape index (κ3) is 3.56. The van der Waals surface area contributed by atoms with Crippen LogP contribution in [-0.4, -0.2) is 25.9 Å². The van der Waals surface area contributed by atoms with Crippen molar-refractivity contribution < 1.29 is 18.8 Å². The molecule has 5 nitrogen and oxygen atoms in total. The molecule has 1 unspecified atom stereocenters. The van der Waals surface area contributed by atoms with Gasteiger partial charge in [-0.15, -0.1) is 0 Å². The van der Waals surface area contributed by atoms with Crippen LogP contribution in [0, 0.1) is 0 Å². The fraction of sp³-hybridized carbons (Fsp3) is 0.143. The highest BCUT2D eigenvalue weighted by Crippen LogP contribution is 1.96. The molecule has 1 atom stereocenters. The topological polar surface area (TPSA) is 89.8 Å². The van der Waals surface area contributed by atoms with E-state index in [1.807, 2.05) is 0 Å². The molecule has 1 aromatic carbocycles. The number of nitrogens with one attached hydrogen (secondary N) is 1. The van der Waals surface area contributed by atoms with Crippen molar-refractivity contribution in [1.29, 1.82) is 0 Å². The second kappa shape index (κ2) is 5.23. The summed E-state index contributed by atoms with van der Waals surface area (Å²) in [6.45, 7) is 0.255. The van der Waals surface area contributed by atoms with E-state index in [1.54, 1.807) is 24.3 Å². The maximum Gasteiger partial charge on any atom is 0.488 e. The summed E-state index contributed by atoms with van der Waals surface area (Å²) in [4.78, 5) is 0. The largest absolute Gasteiger partial charge is 0.488 e. The van der Waals surface area contributed by atoms with Gasteiger partial charge in [0.25, 0.3) is 0 Å². The van der Waals surface area contributed by atoms with Gasteiger partial charge in [0, 0.05) is 6.54 Å². The summed E-state index contributed by atoms with van der Waals surface area (Å²) in [5, 5.41) is 17.6. The van der Waals surface area contributed by atoms with Crippen LogP contribution in [0.15, 0.2) is 24.3 Å². The van der Waals surface area contributed by atoms with Crippen LogP contribution in [0.1, 0.15) is 5.56 Å². The van der Waals surface area contributed by atoms with Crippen molar-refractivity contribution in [2.45, 2.75) is 6.54 Å². The summed E-state index contributed by atoms with van der Waals surface area (Å²) in [5.74, 6) is 0. The predicted molar refractivity (Wildman–Crippen MR) is 53.9 cm³/mol. The SMILES string of the molecule is O=S(O)NCc1ccc(B(O)O)cc1. The van der Waals surface area contributed by atoms with Gasteiger partial charge in [-0.3, -0.25) is 4.55 Å². The first-order chi connectivity index (χ1) is 6.59. The van der Waals surface area contributed by atoms with Crippen molar-refractivity contribution in [3.05, 3.63) is 29.8 Å². The maximum absolute atomic E-state index is 10.3. The zero-order valence-corrected chi connectivity index (χ0v) is 8.07. The molecule has 1 rings (SSSR count). The monoisotopic (exact) mass is 215 g/mol. The van der Waals surface area contributed by atoms with Crippen molar-refractivity contribution in [3.8, 4) is 0 Å². The Kier molecular flexibility index (Phi) is 4.24. The van der Waals surface area contributed by atoms with E-state index < -0.39 is 18.4 Å². The predicted octanol–water partition coefficient (Wildman–Crippen LogP) is -1.41. The molecule has 0 bridgehead atoms. The minimum atomic E-state index is -2.03. The van der Waals surface area contributed by atoms with E-state index in [2.05, 4.69) is 4.72 Å². The average molecular weight is 215 g/mol. The van der Waals surface area contributed by atoms with Crippen molar-refractivity contribution in [2.75, 3.05) is 0 Å². The first-order valence-corrected chi connectivity index (χ1v) is 4.99. The van der Waals surface area contributed by atoms with E-state index in [0.717, 1.165) is 5.56 Å². The van der Waals surface area contributed by atoms with Crippen LogP contribution >= 0.6 is 0 Å². The first-order valence-electron chi connectivity index (χ1n) is 3.89. The molecule has 0 aliphatic heterocycles. The van der Waals surface area contributed by atoms with E-state index >= 15 is 0 Å².